The fourth-order valence-electron chi connectivity index (χ4n) is 2.51. The highest BCUT2D eigenvalue weighted by molar-refractivity contribution is 8.15. The highest BCUT2D eigenvalue weighted by Gasteiger charge is 2.38. The van der Waals surface area contributed by atoms with Crippen molar-refractivity contribution in [1.29, 1.82) is 0 Å². The van der Waals surface area contributed by atoms with Crippen molar-refractivity contribution in [1.82, 2.24) is 4.90 Å². The molecule has 6 heteroatoms. The molecule has 0 radical (unpaired) electrons. The summed E-state index contributed by atoms with van der Waals surface area (Å²) < 4.78 is 0. The number of nitrogens with zero attached hydrogens (tertiary/aromatic N) is 2. The van der Waals surface area contributed by atoms with Crippen LogP contribution in [-0.4, -0.2) is 40.2 Å². The molecule has 124 valence electrons. The number of carbonyl (C=O) groups excluding carboxylic acids is 2. The summed E-state index contributed by atoms with van der Waals surface area (Å²) in [6.07, 6.45) is 0.163. The summed E-state index contributed by atoms with van der Waals surface area (Å²) in [7, 11) is 0. The Labute approximate surface area is 141 Å². The lowest BCUT2D eigenvalue weighted by molar-refractivity contribution is -0.128. The minimum Gasteiger partial charge on any atom is -0.326 e. The molecule has 1 aromatic carbocycles. The van der Waals surface area contributed by atoms with Crippen molar-refractivity contribution >= 4 is 34.4 Å². The minimum absolute atomic E-state index is 0.0273. The quantitative estimate of drug-likeness (QED) is 0.901. The predicted molar refractivity (Wildman–Crippen MR) is 95.9 cm³/mol. The van der Waals surface area contributed by atoms with Crippen molar-refractivity contribution in [2.45, 2.75) is 39.4 Å². The van der Waals surface area contributed by atoms with E-state index in [2.05, 4.69) is 10.3 Å². The second-order valence-corrected chi connectivity index (χ2v) is 6.69. The molecule has 1 aliphatic heterocycles. The zero-order chi connectivity index (χ0) is 17.0. The van der Waals surface area contributed by atoms with Gasteiger partial charge in [-0.25, -0.2) is 0 Å². The van der Waals surface area contributed by atoms with Gasteiger partial charge in [0.25, 0.3) is 0 Å². The molecule has 0 aliphatic carbocycles. The largest absolute Gasteiger partial charge is 0.326 e. The third kappa shape index (κ3) is 4.13. The number of hydrogen-bond acceptors (Lipinski definition) is 4. The van der Waals surface area contributed by atoms with Crippen LogP contribution in [0.2, 0.25) is 0 Å². The number of anilines is 1. The number of hydrogen-bond donors (Lipinski definition) is 1. The van der Waals surface area contributed by atoms with Gasteiger partial charge in [0.2, 0.25) is 11.8 Å². The smallest absolute Gasteiger partial charge is 0.242 e. The summed E-state index contributed by atoms with van der Waals surface area (Å²) in [6, 6.07) is 5.88. The van der Waals surface area contributed by atoms with Crippen molar-refractivity contribution in [3.63, 3.8) is 0 Å². The summed E-state index contributed by atoms with van der Waals surface area (Å²) in [5.41, 5.74) is 2.97. The Morgan fingerprint density at radius 2 is 2.09 bits per heavy atom. The molecule has 0 bridgehead atoms. The average molecular weight is 333 g/mol. The number of rotatable bonds is 5. The molecule has 2 rings (SSSR count). The first kappa shape index (κ1) is 17.5. The van der Waals surface area contributed by atoms with Crippen molar-refractivity contribution in [2.75, 3.05) is 18.4 Å². The van der Waals surface area contributed by atoms with E-state index in [1.807, 2.05) is 45.9 Å². The van der Waals surface area contributed by atoms with Gasteiger partial charge in [0.05, 0.1) is 0 Å². The van der Waals surface area contributed by atoms with Crippen LogP contribution in [0.25, 0.3) is 0 Å². The maximum atomic E-state index is 12.4. The third-order valence-electron chi connectivity index (χ3n) is 3.66. The number of nitrogens with one attached hydrogen (secondary N) is 1. The molecule has 1 saturated heterocycles. The van der Waals surface area contributed by atoms with Crippen LogP contribution in [0.15, 0.2) is 23.2 Å². The predicted octanol–water partition coefficient (Wildman–Crippen LogP) is 2.97. The first-order valence-electron chi connectivity index (χ1n) is 7.85. The number of amides is 2. The molecule has 0 aromatic heterocycles. The molecule has 1 N–H and O–H groups in total. The van der Waals surface area contributed by atoms with E-state index in [4.69, 9.17) is 0 Å². The Morgan fingerprint density at radius 3 is 2.70 bits per heavy atom. The number of carbonyl (C=O) groups is 2. The Hall–Kier alpha value is -1.82. The second kappa shape index (κ2) is 7.64. The number of benzene rings is 1. The van der Waals surface area contributed by atoms with Gasteiger partial charge in [-0.15, -0.1) is 0 Å². The van der Waals surface area contributed by atoms with Crippen LogP contribution in [0, 0.1) is 13.8 Å². The normalized spacial score (nSPS) is 19.5. The van der Waals surface area contributed by atoms with Crippen LogP contribution in [0.4, 0.5) is 5.69 Å². The molecular formula is C17H23N3O2S. The molecular weight excluding hydrogens is 310 g/mol. The highest BCUT2D eigenvalue weighted by Crippen LogP contribution is 2.29. The molecule has 23 heavy (non-hydrogen) atoms. The molecule has 1 aliphatic rings. The van der Waals surface area contributed by atoms with E-state index in [0.29, 0.717) is 13.1 Å². The van der Waals surface area contributed by atoms with Crippen LogP contribution in [-0.2, 0) is 9.59 Å². The molecule has 0 saturated carbocycles. The van der Waals surface area contributed by atoms with Gasteiger partial charge < -0.3 is 5.32 Å². The van der Waals surface area contributed by atoms with Crippen molar-refractivity contribution in [3.8, 4) is 0 Å². The molecule has 0 spiro atoms. The van der Waals surface area contributed by atoms with Crippen LogP contribution in [0.3, 0.4) is 0 Å². The lowest BCUT2D eigenvalue weighted by Gasteiger charge is -2.13. The SMILES string of the molecule is CCN=C1SC(CC(=O)Nc2ccc(C)cc2C)C(=O)N1CC. The number of thioether (sulfide) groups is 1. The molecule has 1 unspecified atom stereocenters. The zero-order valence-corrected chi connectivity index (χ0v) is 14.9. The van der Waals surface area contributed by atoms with Gasteiger partial charge in [0.1, 0.15) is 5.25 Å². The summed E-state index contributed by atoms with van der Waals surface area (Å²) >= 11 is 1.39. The van der Waals surface area contributed by atoms with Crippen LogP contribution >= 0.6 is 11.8 Å². The molecule has 1 atom stereocenters. The second-order valence-electron chi connectivity index (χ2n) is 5.52. The third-order valence-corrected chi connectivity index (χ3v) is 4.87. The van der Waals surface area contributed by atoms with Gasteiger partial charge in [0, 0.05) is 25.2 Å². The average Bonchev–Trinajstić information content (AvgIpc) is 2.78. The Morgan fingerprint density at radius 1 is 1.35 bits per heavy atom. The monoisotopic (exact) mass is 333 g/mol. The van der Waals surface area contributed by atoms with E-state index in [9.17, 15) is 9.59 Å². The molecule has 5 nitrogen and oxygen atoms in total. The van der Waals surface area contributed by atoms with Crippen LogP contribution in [0.5, 0.6) is 0 Å². The number of aliphatic imine (C=N–C) groups is 1. The van der Waals surface area contributed by atoms with E-state index < -0.39 is 0 Å². The van der Waals surface area contributed by atoms with Gasteiger partial charge in [0.15, 0.2) is 5.17 Å². The number of aryl methyl sites for hydroxylation is 2. The summed E-state index contributed by atoms with van der Waals surface area (Å²) in [4.78, 5) is 30.6. The maximum Gasteiger partial charge on any atom is 0.242 e. The minimum atomic E-state index is -0.383. The van der Waals surface area contributed by atoms with Crippen molar-refractivity contribution in [2.24, 2.45) is 4.99 Å². The lowest BCUT2D eigenvalue weighted by atomic mass is 10.1. The summed E-state index contributed by atoms with van der Waals surface area (Å²) in [6.45, 7) is 9.05. The van der Waals surface area contributed by atoms with Crippen LogP contribution < -0.4 is 5.32 Å². The lowest BCUT2D eigenvalue weighted by Crippen LogP contribution is -2.33. The Kier molecular flexibility index (Phi) is 5.82. The topological polar surface area (TPSA) is 61.8 Å². The fourth-order valence-corrected chi connectivity index (χ4v) is 3.78. The standard InChI is InChI=1S/C17H23N3O2S/c1-5-18-17-20(6-2)16(22)14(23-17)10-15(21)19-13-8-7-11(3)9-12(13)4/h7-9,14H,5-6,10H2,1-4H3,(H,19,21). The summed E-state index contributed by atoms with van der Waals surface area (Å²) in [5.74, 6) is -0.169. The van der Waals surface area contributed by atoms with Gasteiger partial charge in [-0.2, -0.15) is 0 Å². The van der Waals surface area contributed by atoms with Crippen molar-refractivity contribution < 1.29 is 9.59 Å². The van der Waals surface area contributed by atoms with E-state index in [1.165, 1.54) is 11.8 Å². The van der Waals surface area contributed by atoms with Crippen molar-refractivity contribution in [3.05, 3.63) is 29.3 Å². The first-order valence-corrected chi connectivity index (χ1v) is 8.73. The van der Waals surface area contributed by atoms with E-state index in [1.54, 1.807) is 4.90 Å². The fraction of sp³-hybridized carbons (Fsp3) is 0.471. The van der Waals surface area contributed by atoms with Gasteiger partial charge in [-0.05, 0) is 39.3 Å². The maximum absolute atomic E-state index is 12.4. The van der Waals surface area contributed by atoms with E-state index in [-0.39, 0.29) is 23.5 Å². The Bertz CT molecular complexity index is 643. The van der Waals surface area contributed by atoms with Gasteiger partial charge in [-0.3, -0.25) is 19.5 Å². The first-order chi connectivity index (χ1) is 11.0. The highest BCUT2D eigenvalue weighted by atomic mass is 32.2. The van der Waals surface area contributed by atoms with E-state index >= 15 is 0 Å². The van der Waals surface area contributed by atoms with Gasteiger partial charge >= 0.3 is 0 Å². The Balaban J connectivity index is 2.03. The summed E-state index contributed by atoms with van der Waals surface area (Å²) in [5, 5.41) is 3.24. The molecule has 1 fully saturated rings. The molecule has 1 heterocycles. The molecule has 2 amide bonds. The van der Waals surface area contributed by atoms with Crippen LogP contribution in [0.1, 0.15) is 31.4 Å². The molecule has 1 aromatic rings. The van der Waals surface area contributed by atoms with E-state index in [0.717, 1.165) is 22.0 Å². The zero-order valence-electron chi connectivity index (χ0n) is 14.0. The number of amidine groups is 1. The van der Waals surface area contributed by atoms with Gasteiger partial charge in [-0.1, -0.05) is 29.5 Å².